The fraction of sp³-hybridized carbons (Fsp3) is 0.533. The zero-order chi connectivity index (χ0) is 14.5. The number of halogens is 1. The normalized spacial score (nSPS) is 19.2. The van der Waals surface area contributed by atoms with Gasteiger partial charge in [-0.25, -0.2) is 9.18 Å². The van der Waals surface area contributed by atoms with Crippen LogP contribution in [0, 0.1) is 5.82 Å². The van der Waals surface area contributed by atoms with Gasteiger partial charge < -0.3 is 15.0 Å². The Hall–Kier alpha value is -1.46. The van der Waals surface area contributed by atoms with Crippen LogP contribution in [0.25, 0.3) is 0 Å². The molecule has 0 amide bonds. The highest BCUT2D eigenvalue weighted by Gasteiger charge is 2.20. The molecule has 0 saturated carbocycles. The number of carbonyl (C=O) groups excluding carboxylic acids is 1. The highest BCUT2D eigenvalue weighted by molar-refractivity contribution is 5.89. The summed E-state index contributed by atoms with van der Waals surface area (Å²) in [6.07, 6.45) is 2.45. The second-order valence-corrected chi connectivity index (χ2v) is 5.21. The van der Waals surface area contributed by atoms with Crippen molar-refractivity contribution in [2.24, 2.45) is 0 Å². The molecule has 1 fully saturated rings. The van der Waals surface area contributed by atoms with Crippen molar-refractivity contribution in [1.29, 1.82) is 0 Å². The van der Waals surface area contributed by atoms with Crippen molar-refractivity contribution >= 4 is 5.97 Å². The lowest BCUT2D eigenvalue weighted by atomic mass is 10.1. The number of likely N-dealkylation sites (tertiary alicyclic amines) is 1. The molecule has 4 nitrogen and oxygen atoms in total. The molecular formula is C15H21FN2O2. The molecule has 0 bridgehead atoms. The molecule has 1 aromatic rings. The Kier molecular flexibility index (Phi) is 5.09. The van der Waals surface area contributed by atoms with Gasteiger partial charge in [-0.2, -0.15) is 0 Å². The molecule has 5 heteroatoms. The molecule has 1 aromatic carbocycles. The first-order valence-corrected chi connectivity index (χ1v) is 6.89. The molecule has 0 aliphatic carbocycles. The number of hydrogen-bond donors (Lipinski definition) is 1. The first-order valence-electron chi connectivity index (χ1n) is 6.89. The number of benzene rings is 1. The lowest BCUT2D eigenvalue weighted by Crippen LogP contribution is -2.35. The van der Waals surface area contributed by atoms with Crippen LogP contribution in [-0.2, 0) is 11.3 Å². The summed E-state index contributed by atoms with van der Waals surface area (Å²) in [7, 11) is 3.37. The predicted octanol–water partition coefficient (Wildman–Crippen LogP) is 1.80. The third kappa shape index (κ3) is 3.55. The van der Waals surface area contributed by atoms with E-state index >= 15 is 0 Å². The Morgan fingerprint density at radius 1 is 1.55 bits per heavy atom. The Labute approximate surface area is 118 Å². The molecule has 1 heterocycles. The third-order valence-electron chi connectivity index (χ3n) is 3.82. The van der Waals surface area contributed by atoms with Gasteiger partial charge in [0.1, 0.15) is 5.82 Å². The van der Waals surface area contributed by atoms with Crippen LogP contribution in [0.15, 0.2) is 18.2 Å². The van der Waals surface area contributed by atoms with Crippen LogP contribution in [0.2, 0.25) is 0 Å². The van der Waals surface area contributed by atoms with Gasteiger partial charge >= 0.3 is 5.97 Å². The molecule has 1 saturated heterocycles. The molecule has 2 rings (SSSR count). The van der Waals surface area contributed by atoms with Gasteiger partial charge in [0.15, 0.2) is 0 Å². The first-order chi connectivity index (χ1) is 9.61. The SMILES string of the molecule is COC(=O)c1ccc(CNCC2CCCN2C)cc1F. The maximum Gasteiger partial charge on any atom is 0.340 e. The number of nitrogens with one attached hydrogen (secondary N) is 1. The van der Waals surface area contributed by atoms with Crippen LogP contribution in [0.1, 0.15) is 28.8 Å². The number of nitrogens with zero attached hydrogens (tertiary/aromatic N) is 1. The molecule has 1 atom stereocenters. The van der Waals surface area contributed by atoms with E-state index in [1.54, 1.807) is 6.07 Å². The zero-order valence-corrected chi connectivity index (χ0v) is 12.0. The number of likely N-dealkylation sites (N-methyl/N-ethyl adjacent to an activating group) is 1. The fourth-order valence-corrected chi connectivity index (χ4v) is 2.56. The number of hydrogen-bond acceptors (Lipinski definition) is 4. The van der Waals surface area contributed by atoms with Gasteiger partial charge in [-0.05, 0) is 44.1 Å². The molecule has 0 radical (unpaired) electrons. The lowest BCUT2D eigenvalue weighted by Gasteiger charge is -2.19. The standard InChI is InChI=1S/C15H21FN2O2/c1-18-7-3-4-12(18)10-17-9-11-5-6-13(14(16)8-11)15(19)20-2/h5-6,8,12,17H,3-4,7,9-10H2,1-2H3. The fourth-order valence-electron chi connectivity index (χ4n) is 2.56. The van der Waals surface area contributed by atoms with E-state index in [2.05, 4.69) is 22.0 Å². The van der Waals surface area contributed by atoms with Crippen LogP contribution >= 0.6 is 0 Å². The summed E-state index contributed by atoms with van der Waals surface area (Å²) in [4.78, 5) is 13.6. The Morgan fingerprint density at radius 2 is 2.35 bits per heavy atom. The number of methoxy groups -OCH3 is 1. The minimum Gasteiger partial charge on any atom is -0.465 e. The topological polar surface area (TPSA) is 41.6 Å². The van der Waals surface area contributed by atoms with Crippen molar-refractivity contribution in [1.82, 2.24) is 10.2 Å². The highest BCUT2D eigenvalue weighted by Crippen LogP contribution is 2.14. The lowest BCUT2D eigenvalue weighted by molar-refractivity contribution is 0.0595. The van der Waals surface area contributed by atoms with E-state index < -0.39 is 11.8 Å². The van der Waals surface area contributed by atoms with E-state index in [1.165, 1.54) is 32.1 Å². The highest BCUT2D eigenvalue weighted by atomic mass is 19.1. The Morgan fingerprint density at radius 3 is 2.95 bits per heavy atom. The van der Waals surface area contributed by atoms with Crippen LogP contribution in [-0.4, -0.2) is 44.2 Å². The van der Waals surface area contributed by atoms with E-state index in [4.69, 9.17) is 0 Å². The van der Waals surface area contributed by atoms with Crippen molar-refractivity contribution in [3.63, 3.8) is 0 Å². The van der Waals surface area contributed by atoms with Crippen molar-refractivity contribution in [2.75, 3.05) is 27.2 Å². The van der Waals surface area contributed by atoms with E-state index in [0.29, 0.717) is 12.6 Å². The van der Waals surface area contributed by atoms with Gasteiger partial charge in [-0.15, -0.1) is 0 Å². The number of rotatable bonds is 5. The largest absolute Gasteiger partial charge is 0.465 e. The minimum absolute atomic E-state index is 0.0215. The van der Waals surface area contributed by atoms with Gasteiger partial charge in [0.05, 0.1) is 12.7 Å². The number of carbonyl (C=O) groups is 1. The van der Waals surface area contributed by atoms with Crippen LogP contribution < -0.4 is 5.32 Å². The Bertz CT molecular complexity index is 479. The van der Waals surface area contributed by atoms with Crippen molar-refractivity contribution < 1.29 is 13.9 Å². The summed E-state index contributed by atoms with van der Waals surface area (Å²) in [5.74, 6) is -1.18. The molecule has 0 spiro atoms. The second kappa shape index (κ2) is 6.81. The third-order valence-corrected chi connectivity index (χ3v) is 3.82. The van der Waals surface area contributed by atoms with Crippen molar-refractivity contribution in [2.45, 2.75) is 25.4 Å². The molecule has 1 aliphatic heterocycles. The van der Waals surface area contributed by atoms with Crippen molar-refractivity contribution in [3.8, 4) is 0 Å². The average molecular weight is 280 g/mol. The van der Waals surface area contributed by atoms with E-state index in [9.17, 15) is 9.18 Å². The molecule has 20 heavy (non-hydrogen) atoms. The molecule has 0 aromatic heterocycles. The number of esters is 1. The Balaban J connectivity index is 1.87. The van der Waals surface area contributed by atoms with Gasteiger partial charge in [0, 0.05) is 19.1 Å². The van der Waals surface area contributed by atoms with E-state index in [0.717, 1.165) is 18.7 Å². The van der Waals surface area contributed by atoms with Crippen LogP contribution in [0.4, 0.5) is 4.39 Å². The molecule has 1 unspecified atom stereocenters. The van der Waals surface area contributed by atoms with Crippen LogP contribution in [0.5, 0.6) is 0 Å². The van der Waals surface area contributed by atoms with Gasteiger partial charge in [0.25, 0.3) is 0 Å². The predicted molar refractivity (Wildman–Crippen MR) is 75.1 cm³/mol. The smallest absolute Gasteiger partial charge is 0.340 e. The summed E-state index contributed by atoms with van der Waals surface area (Å²) in [6, 6.07) is 5.17. The summed E-state index contributed by atoms with van der Waals surface area (Å²) in [5.41, 5.74) is 0.808. The maximum atomic E-state index is 13.7. The van der Waals surface area contributed by atoms with Gasteiger partial charge in [0.2, 0.25) is 0 Å². The summed E-state index contributed by atoms with van der Waals surface area (Å²) < 4.78 is 18.3. The molecular weight excluding hydrogens is 259 g/mol. The monoisotopic (exact) mass is 280 g/mol. The minimum atomic E-state index is -0.644. The average Bonchev–Trinajstić information content (AvgIpc) is 2.84. The van der Waals surface area contributed by atoms with Crippen LogP contribution in [0.3, 0.4) is 0 Å². The van der Waals surface area contributed by atoms with Crippen molar-refractivity contribution in [3.05, 3.63) is 35.1 Å². The first kappa shape index (κ1) is 14.9. The van der Waals surface area contributed by atoms with Gasteiger partial charge in [-0.3, -0.25) is 0 Å². The van der Waals surface area contributed by atoms with E-state index in [1.807, 2.05) is 0 Å². The molecule has 1 aliphatic rings. The quantitative estimate of drug-likeness (QED) is 0.835. The summed E-state index contributed by atoms with van der Waals surface area (Å²) in [5, 5.41) is 3.34. The molecule has 1 N–H and O–H groups in total. The maximum absolute atomic E-state index is 13.7. The summed E-state index contributed by atoms with van der Waals surface area (Å²) >= 11 is 0. The zero-order valence-electron chi connectivity index (χ0n) is 12.0. The number of ether oxygens (including phenoxy) is 1. The van der Waals surface area contributed by atoms with Gasteiger partial charge in [-0.1, -0.05) is 6.07 Å². The molecule has 110 valence electrons. The summed E-state index contributed by atoms with van der Waals surface area (Å²) in [6.45, 7) is 2.65. The van der Waals surface area contributed by atoms with E-state index in [-0.39, 0.29) is 5.56 Å². The second-order valence-electron chi connectivity index (χ2n) is 5.21.